The van der Waals surface area contributed by atoms with E-state index in [1.54, 1.807) is 7.11 Å². The lowest BCUT2D eigenvalue weighted by molar-refractivity contribution is -0.148. The van der Waals surface area contributed by atoms with Crippen LogP contribution >= 0.6 is 0 Å². The lowest BCUT2D eigenvalue weighted by Gasteiger charge is -2.43. The first-order chi connectivity index (χ1) is 12.2. The zero-order valence-electron chi connectivity index (χ0n) is 16.5. The SMILES string of the molecule is COc1cc(C)c(CCN2CC(C)(C)OC[C@H]2COCC(=O)O)c(C)c1. The summed E-state index contributed by atoms with van der Waals surface area (Å²) in [5.74, 6) is -0.0608. The number of ether oxygens (including phenoxy) is 3. The molecule has 1 aliphatic rings. The normalized spacial score (nSPS) is 20.1. The van der Waals surface area contributed by atoms with Crippen molar-refractivity contribution in [1.82, 2.24) is 4.90 Å². The molecular weight excluding hydrogens is 334 g/mol. The maximum atomic E-state index is 10.7. The van der Waals surface area contributed by atoms with Crippen LogP contribution in [0.15, 0.2) is 12.1 Å². The largest absolute Gasteiger partial charge is 0.497 e. The van der Waals surface area contributed by atoms with Crippen molar-refractivity contribution in [3.05, 3.63) is 28.8 Å². The lowest BCUT2D eigenvalue weighted by Crippen LogP contribution is -2.56. The quantitative estimate of drug-likeness (QED) is 0.763. The number of carbonyl (C=O) groups is 1. The van der Waals surface area contributed by atoms with E-state index in [2.05, 4.69) is 44.7 Å². The number of aryl methyl sites for hydroxylation is 2. The number of rotatable bonds is 8. The smallest absolute Gasteiger partial charge is 0.329 e. The van der Waals surface area contributed by atoms with Crippen molar-refractivity contribution in [1.29, 1.82) is 0 Å². The Morgan fingerprint density at radius 1 is 1.35 bits per heavy atom. The molecule has 0 aromatic heterocycles. The topological polar surface area (TPSA) is 68.2 Å². The Balaban J connectivity index is 2.04. The Labute approximate surface area is 156 Å². The number of benzene rings is 1. The zero-order chi connectivity index (χ0) is 19.3. The summed E-state index contributed by atoms with van der Waals surface area (Å²) in [4.78, 5) is 13.0. The van der Waals surface area contributed by atoms with E-state index < -0.39 is 5.97 Å². The summed E-state index contributed by atoms with van der Waals surface area (Å²) in [5, 5.41) is 8.77. The van der Waals surface area contributed by atoms with Gasteiger partial charge in [0, 0.05) is 13.1 Å². The molecule has 1 saturated heterocycles. The molecule has 0 unspecified atom stereocenters. The molecule has 1 atom stereocenters. The van der Waals surface area contributed by atoms with Crippen molar-refractivity contribution >= 4 is 5.97 Å². The van der Waals surface area contributed by atoms with E-state index in [1.165, 1.54) is 16.7 Å². The van der Waals surface area contributed by atoms with E-state index >= 15 is 0 Å². The van der Waals surface area contributed by atoms with Crippen LogP contribution in [0.25, 0.3) is 0 Å². The molecular formula is C20H31NO5. The third-order valence-corrected chi connectivity index (χ3v) is 4.86. The number of morpholine rings is 1. The van der Waals surface area contributed by atoms with E-state index in [4.69, 9.17) is 19.3 Å². The third kappa shape index (κ3) is 5.69. The highest BCUT2D eigenvalue weighted by molar-refractivity contribution is 5.67. The van der Waals surface area contributed by atoms with Crippen LogP contribution in [-0.2, 0) is 20.7 Å². The number of nitrogens with zero attached hydrogens (tertiary/aromatic N) is 1. The predicted molar refractivity (Wildman–Crippen MR) is 100 cm³/mol. The molecule has 1 fully saturated rings. The average molecular weight is 365 g/mol. The summed E-state index contributed by atoms with van der Waals surface area (Å²) in [6, 6.07) is 4.21. The van der Waals surface area contributed by atoms with Gasteiger partial charge >= 0.3 is 5.97 Å². The van der Waals surface area contributed by atoms with Gasteiger partial charge in [0.05, 0.1) is 32.0 Å². The molecule has 6 nitrogen and oxygen atoms in total. The van der Waals surface area contributed by atoms with E-state index in [0.29, 0.717) is 13.2 Å². The Bertz CT molecular complexity index is 606. The standard InChI is InChI=1S/C20H31NO5/c1-14-8-17(24-5)9-15(2)18(14)6-7-21-13-20(3,4)26-11-16(21)10-25-12-19(22)23/h8-9,16H,6-7,10-13H2,1-5H3,(H,22,23)/t16-/m1/s1. The van der Waals surface area contributed by atoms with Gasteiger partial charge in [-0.15, -0.1) is 0 Å². The predicted octanol–water partition coefficient (Wildman–Crippen LogP) is 2.44. The molecule has 0 bridgehead atoms. The monoisotopic (exact) mass is 365 g/mol. The van der Waals surface area contributed by atoms with Gasteiger partial charge in [0.15, 0.2) is 0 Å². The van der Waals surface area contributed by atoms with Crippen molar-refractivity contribution in [2.24, 2.45) is 0 Å². The van der Waals surface area contributed by atoms with Gasteiger partial charge in [-0.1, -0.05) is 0 Å². The number of methoxy groups -OCH3 is 1. The van der Waals surface area contributed by atoms with Crippen LogP contribution in [0.2, 0.25) is 0 Å². The van der Waals surface area contributed by atoms with Gasteiger partial charge in [-0.2, -0.15) is 0 Å². The van der Waals surface area contributed by atoms with Gasteiger partial charge in [0.25, 0.3) is 0 Å². The average Bonchev–Trinajstić information content (AvgIpc) is 2.55. The van der Waals surface area contributed by atoms with Crippen molar-refractivity contribution < 1.29 is 24.1 Å². The van der Waals surface area contributed by atoms with Crippen molar-refractivity contribution in [3.8, 4) is 5.75 Å². The molecule has 1 aromatic rings. The van der Waals surface area contributed by atoms with Crippen molar-refractivity contribution in [2.45, 2.75) is 45.8 Å². The molecule has 1 N–H and O–H groups in total. The van der Waals surface area contributed by atoms with Crippen LogP contribution in [-0.4, -0.2) is 67.6 Å². The molecule has 26 heavy (non-hydrogen) atoms. The number of aliphatic carboxylic acids is 1. The number of hydrogen-bond donors (Lipinski definition) is 1. The maximum absolute atomic E-state index is 10.7. The molecule has 0 spiro atoms. The van der Waals surface area contributed by atoms with Crippen LogP contribution in [0.5, 0.6) is 5.75 Å². The first-order valence-electron chi connectivity index (χ1n) is 9.03. The van der Waals surface area contributed by atoms with Crippen LogP contribution in [0.1, 0.15) is 30.5 Å². The van der Waals surface area contributed by atoms with E-state index in [-0.39, 0.29) is 18.2 Å². The molecule has 146 valence electrons. The van der Waals surface area contributed by atoms with Crippen LogP contribution in [0.4, 0.5) is 0 Å². The van der Waals surface area contributed by atoms with E-state index in [1.807, 2.05) is 0 Å². The summed E-state index contributed by atoms with van der Waals surface area (Å²) in [6.07, 6.45) is 0.924. The Morgan fingerprint density at radius 3 is 2.58 bits per heavy atom. The second kappa shape index (κ2) is 8.84. The highest BCUT2D eigenvalue weighted by Crippen LogP contribution is 2.25. The number of hydrogen-bond acceptors (Lipinski definition) is 5. The molecule has 1 aliphatic heterocycles. The van der Waals surface area contributed by atoms with Crippen LogP contribution in [0.3, 0.4) is 0 Å². The van der Waals surface area contributed by atoms with Gasteiger partial charge < -0.3 is 19.3 Å². The minimum absolute atomic E-state index is 0.0706. The molecule has 0 radical (unpaired) electrons. The lowest BCUT2D eigenvalue weighted by atomic mass is 9.98. The van der Waals surface area contributed by atoms with Crippen molar-refractivity contribution in [3.63, 3.8) is 0 Å². The second-order valence-corrected chi connectivity index (χ2v) is 7.59. The zero-order valence-corrected chi connectivity index (χ0v) is 16.5. The Hall–Kier alpha value is -1.63. The summed E-state index contributed by atoms with van der Waals surface area (Å²) in [7, 11) is 1.69. The maximum Gasteiger partial charge on any atom is 0.329 e. The molecule has 2 rings (SSSR count). The van der Waals surface area contributed by atoms with Crippen LogP contribution in [0, 0.1) is 13.8 Å². The summed E-state index contributed by atoms with van der Waals surface area (Å²) in [5.41, 5.74) is 3.58. The highest BCUT2D eigenvalue weighted by Gasteiger charge is 2.33. The van der Waals surface area contributed by atoms with Gasteiger partial charge in [-0.25, -0.2) is 4.79 Å². The summed E-state index contributed by atoms with van der Waals surface area (Å²) >= 11 is 0. The Kier molecular flexibility index (Phi) is 7.03. The number of carboxylic acids is 1. The fourth-order valence-electron chi connectivity index (χ4n) is 3.51. The van der Waals surface area contributed by atoms with E-state index in [0.717, 1.165) is 25.3 Å². The minimum Gasteiger partial charge on any atom is -0.497 e. The molecule has 1 heterocycles. The third-order valence-electron chi connectivity index (χ3n) is 4.86. The first-order valence-corrected chi connectivity index (χ1v) is 9.03. The molecule has 0 saturated carbocycles. The second-order valence-electron chi connectivity index (χ2n) is 7.59. The molecule has 1 aromatic carbocycles. The summed E-state index contributed by atoms with van der Waals surface area (Å²) in [6.45, 7) is 10.7. The van der Waals surface area contributed by atoms with Gasteiger partial charge in [-0.3, -0.25) is 4.90 Å². The fraction of sp³-hybridized carbons (Fsp3) is 0.650. The molecule has 6 heteroatoms. The van der Waals surface area contributed by atoms with Crippen LogP contribution < -0.4 is 4.74 Å². The van der Waals surface area contributed by atoms with E-state index in [9.17, 15) is 4.79 Å². The molecule has 0 aliphatic carbocycles. The minimum atomic E-state index is -0.946. The fourth-order valence-corrected chi connectivity index (χ4v) is 3.51. The highest BCUT2D eigenvalue weighted by atomic mass is 16.5. The molecule has 0 amide bonds. The van der Waals surface area contributed by atoms with Gasteiger partial charge in [0.2, 0.25) is 0 Å². The van der Waals surface area contributed by atoms with Gasteiger partial charge in [0.1, 0.15) is 12.4 Å². The van der Waals surface area contributed by atoms with Gasteiger partial charge in [-0.05, 0) is 62.9 Å². The first kappa shape index (κ1) is 20.7. The van der Waals surface area contributed by atoms with Crippen molar-refractivity contribution in [2.75, 3.05) is 40.0 Å². The summed E-state index contributed by atoms with van der Waals surface area (Å²) < 4.78 is 16.6. The number of carboxylic acid groups (broad SMARTS) is 1. The Morgan fingerprint density at radius 2 is 2.00 bits per heavy atom.